The molecular formula is C29H35NO3S. The van der Waals surface area contributed by atoms with E-state index in [4.69, 9.17) is 14.5 Å². The highest BCUT2D eigenvalue weighted by Crippen LogP contribution is 2.46. The molecule has 1 unspecified atom stereocenters. The number of hydrogen-bond donors (Lipinski definition) is 0. The summed E-state index contributed by atoms with van der Waals surface area (Å²) >= 11 is 1.81. The third-order valence-electron chi connectivity index (χ3n) is 6.95. The van der Waals surface area contributed by atoms with Crippen molar-refractivity contribution >= 4 is 27.3 Å². The molecular weight excluding hydrogens is 442 g/mol. The fraction of sp³-hybridized carbons (Fsp3) is 0.517. The maximum Gasteiger partial charge on any atom is 0.163 e. The molecule has 1 aliphatic heterocycles. The van der Waals surface area contributed by atoms with E-state index in [0.717, 1.165) is 53.0 Å². The van der Waals surface area contributed by atoms with Crippen LogP contribution in [-0.4, -0.2) is 23.0 Å². The molecule has 1 fully saturated rings. The van der Waals surface area contributed by atoms with Gasteiger partial charge in [0.2, 0.25) is 0 Å². The van der Waals surface area contributed by atoms with E-state index >= 15 is 0 Å². The van der Waals surface area contributed by atoms with Gasteiger partial charge in [-0.1, -0.05) is 18.9 Å². The van der Waals surface area contributed by atoms with Gasteiger partial charge < -0.3 is 9.47 Å². The van der Waals surface area contributed by atoms with Gasteiger partial charge >= 0.3 is 0 Å². The van der Waals surface area contributed by atoms with E-state index in [2.05, 4.69) is 31.2 Å². The molecule has 0 N–H and O–H groups in total. The minimum absolute atomic E-state index is 0.0282. The summed E-state index contributed by atoms with van der Waals surface area (Å²) in [6.45, 7) is 10.5. The van der Waals surface area contributed by atoms with E-state index in [1.807, 2.05) is 32.1 Å². The Morgan fingerprint density at radius 1 is 1.18 bits per heavy atom. The molecule has 5 heteroatoms. The van der Waals surface area contributed by atoms with Crippen LogP contribution in [0.4, 0.5) is 0 Å². The maximum absolute atomic E-state index is 13.0. The summed E-state index contributed by atoms with van der Waals surface area (Å²) in [4.78, 5) is 18.1. The Labute approximate surface area is 206 Å². The molecule has 0 amide bonds. The summed E-state index contributed by atoms with van der Waals surface area (Å²) < 4.78 is 13.5. The lowest BCUT2D eigenvalue weighted by Crippen LogP contribution is -2.27. The van der Waals surface area contributed by atoms with Gasteiger partial charge in [-0.3, -0.25) is 4.79 Å². The smallest absolute Gasteiger partial charge is 0.163 e. The molecule has 1 aromatic heterocycles. The van der Waals surface area contributed by atoms with Crippen molar-refractivity contribution in [3.8, 4) is 16.9 Å². The number of thiazole rings is 1. The van der Waals surface area contributed by atoms with Gasteiger partial charge in [0.05, 0.1) is 27.4 Å². The number of benzene rings is 2. The molecule has 2 aliphatic rings. The highest BCUT2D eigenvalue weighted by molar-refractivity contribution is 7.19. The minimum Gasteiger partial charge on any atom is -0.493 e. The molecule has 1 aliphatic carbocycles. The first-order valence-electron chi connectivity index (χ1n) is 12.6. The molecule has 0 radical (unpaired) electrons. The second-order valence-corrected chi connectivity index (χ2v) is 11.9. The van der Waals surface area contributed by atoms with E-state index in [0.29, 0.717) is 5.92 Å². The van der Waals surface area contributed by atoms with E-state index in [9.17, 15) is 4.79 Å². The molecule has 1 saturated carbocycles. The molecule has 0 bridgehead atoms. The predicted molar refractivity (Wildman–Crippen MR) is 139 cm³/mol. The first-order valence-corrected chi connectivity index (χ1v) is 13.4. The lowest BCUT2D eigenvalue weighted by Gasteiger charge is -2.29. The van der Waals surface area contributed by atoms with Crippen LogP contribution in [0.3, 0.4) is 0 Å². The number of carbonyl (C=O) groups excluding carboxylic acids is 1. The number of ketones is 1. The lowest BCUT2D eigenvalue weighted by atomic mass is 9.88. The monoisotopic (exact) mass is 477 g/mol. The van der Waals surface area contributed by atoms with Crippen LogP contribution in [0.15, 0.2) is 24.3 Å². The summed E-state index contributed by atoms with van der Waals surface area (Å²) in [5.74, 6) is 1.56. The van der Waals surface area contributed by atoms with Gasteiger partial charge in [0.1, 0.15) is 11.9 Å². The van der Waals surface area contributed by atoms with Crippen molar-refractivity contribution in [2.24, 2.45) is 0 Å². The largest absolute Gasteiger partial charge is 0.493 e. The predicted octanol–water partition coefficient (Wildman–Crippen LogP) is 7.70. The fourth-order valence-corrected chi connectivity index (χ4v) is 6.71. The van der Waals surface area contributed by atoms with Gasteiger partial charge in [0.25, 0.3) is 0 Å². The third kappa shape index (κ3) is 4.52. The number of nitrogens with zero attached hydrogens (tertiary/aromatic N) is 1. The van der Waals surface area contributed by atoms with Crippen LogP contribution in [-0.2, 0) is 16.0 Å². The SMILES string of the molecule is CC(=O)C(OC(C)(C)C)c1c(C)cc2nc(C3CCCC3)sc2c1-c1ccc2c(c1)CCCO2. The molecule has 34 heavy (non-hydrogen) atoms. The number of aryl methyl sites for hydroxylation is 2. The summed E-state index contributed by atoms with van der Waals surface area (Å²) in [7, 11) is 0. The average molecular weight is 478 g/mol. The molecule has 2 aromatic carbocycles. The zero-order valence-electron chi connectivity index (χ0n) is 21.0. The van der Waals surface area contributed by atoms with Crippen molar-refractivity contribution < 1.29 is 14.3 Å². The number of ether oxygens (including phenoxy) is 2. The average Bonchev–Trinajstić information content (AvgIpc) is 3.45. The van der Waals surface area contributed by atoms with Crippen molar-refractivity contribution in [2.45, 2.75) is 90.8 Å². The Hall–Kier alpha value is -2.24. The Balaban J connectivity index is 1.76. The van der Waals surface area contributed by atoms with E-state index < -0.39 is 11.7 Å². The quantitative estimate of drug-likeness (QED) is 0.378. The number of rotatable bonds is 5. The van der Waals surface area contributed by atoms with E-state index in [1.54, 1.807) is 6.92 Å². The van der Waals surface area contributed by atoms with Crippen LogP contribution in [0.5, 0.6) is 5.75 Å². The fourth-order valence-electron chi connectivity index (χ4n) is 5.41. The van der Waals surface area contributed by atoms with Crippen molar-refractivity contribution in [1.82, 2.24) is 4.98 Å². The van der Waals surface area contributed by atoms with Crippen LogP contribution in [0, 0.1) is 6.92 Å². The van der Waals surface area contributed by atoms with Gasteiger partial charge in [-0.2, -0.15) is 0 Å². The Morgan fingerprint density at radius 2 is 1.94 bits per heavy atom. The standard InChI is InChI=1S/C29H35NO3S/c1-17-15-22-27(34-28(30-22)19-9-6-7-10-19)25(24(17)26(18(2)31)33-29(3,4)5)21-12-13-23-20(16-21)11-8-14-32-23/h12-13,15-16,19,26H,6-11,14H2,1-5H3. The molecule has 0 spiro atoms. The van der Waals surface area contributed by atoms with Crippen molar-refractivity contribution in [2.75, 3.05) is 6.61 Å². The van der Waals surface area contributed by atoms with Gasteiger partial charge in [-0.05, 0) is 95.2 Å². The molecule has 0 saturated heterocycles. The Kier molecular flexibility index (Phi) is 6.28. The second-order valence-electron chi connectivity index (χ2n) is 10.9. The van der Waals surface area contributed by atoms with Crippen molar-refractivity contribution in [3.05, 3.63) is 46.0 Å². The second kappa shape index (κ2) is 9.09. The first-order chi connectivity index (χ1) is 16.2. The number of aromatic nitrogens is 1. The summed E-state index contributed by atoms with van der Waals surface area (Å²) in [6, 6.07) is 8.65. The van der Waals surface area contributed by atoms with E-state index in [-0.39, 0.29) is 5.78 Å². The van der Waals surface area contributed by atoms with Crippen LogP contribution >= 0.6 is 11.3 Å². The summed E-state index contributed by atoms with van der Waals surface area (Å²) in [6.07, 6.45) is 6.44. The van der Waals surface area contributed by atoms with Crippen molar-refractivity contribution in [3.63, 3.8) is 0 Å². The normalized spacial score (nSPS) is 17.6. The van der Waals surface area contributed by atoms with E-state index in [1.165, 1.54) is 41.0 Å². The maximum atomic E-state index is 13.0. The molecule has 1 atom stereocenters. The first kappa shape index (κ1) is 23.5. The summed E-state index contributed by atoms with van der Waals surface area (Å²) in [5.41, 5.74) is 6.10. The van der Waals surface area contributed by atoms with Crippen LogP contribution in [0.25, 0.3) is 21.3 Å². The zero-order chi connectivity index (χ0) is 24.0. The van der Waals surface area contributed by atoms with Gasteiger partial charge in [0.15, 0.2) is 5.78 Å². The van der Waals surface area contributed by atoms with Gasteiger partial charge in [-0.15, -0.1) is 11.3 Å². The lowest BCUT2D eigenvalue weighted by molar-refractivity contribution is -0.138. The van der Waals surface area contributed by atoms with Crippen LogP contribution in [0.1, 0.15) is 93.5 Å². The minimum atomic E-state index is -0.622. The zero-order valence-corrected chi connectivity index (χ0v) is 21.8. The number of hydrogen-bond acceptors (Lipinski definition) is 5. The van der Waals surface area contributed by atoms with Gasteiger partial charge in [0, 0.05) is 17.0 Å². The highest BCUT2D eigenvalue weighted by atomic mass is 32.1. The van der Waals surface area contributed by atoms with Crippen LogP contribution in [0.2, 0.25) is 0 Å². The molecule has 3 aromatic rings. The number of fused-ring (bicyclic) bond motifs is 2. The van der Waals surface area contributed by atoms with Crippen molar-refractivity contribution in [1.29, 1.82) is 0 Å². The Morgan fingerprint density at radius 3 is 2.65 bits per heavy atom. The Bertz CT molecular complexity index is 1230. The third-order valence-corrected chi connectivity index (χ3v) is 8.20. The summed E-state index contributed by atoms with van der Waals surface area (Å²) in [5, 5.41) is 1.24. The van der Waals surface area contributed by atoms with Crippen LogP contribution < -0.4 is 4.74 Å². The topological polar surface area (TPSA) is 48.4 Å². The van der Waals surface area contributed by atoms with Gasteiger partial charge in [-0.25, -0.2) is 4.98 Å². The molecule has 5 rings (SSSR count). The molecule has 180 valence electrons. The molecule has 2 heterocycles. The number of Topliss-reactive ketones (excluding diaryl/α,β-unsaturated/α-hetero) is 1. The number of carbonyl (C=O) groups is 1. The molecule has 4 nitrogen and oxygen atoms in total. The highest BCUT2D eigenvalue weighted by Gasteiger charge is 2.31.